The molecule has 0 aliphatic rings. The van der Waals surface area contributed by atoms with Gasteiger partial charge in [0.25, 0.3) is 5.91 Å². The Morgan fingerprint density at radius 2 is 1.70 bits per heavy atom. The zero-order chi connectivity index (χ0) is 19.6. The molecule has 5 nitrogen and oxygen atoms in total. The molecule has 0 heterocycles. The topological polar surface area (TPSA) is 62.4 Å². The van der Waals surface area contributed by atoms with Crippen molar-refractivity contribution in [1.82, 2.24) is 10.9 Å². The number of anilines is 1. The second-order valence-corrected chi connectivity index (χ2v) is 7.05. The van der Waals surface area contributed by atoms with Crippen molar-refractivity contribution in [3.63, 3.8) is 0 Å². The first-order chi connectivity index (χ1) is 13.0. The second kappa shape index (κ2) is 10.5. The van der Waals surface area contributed by atoms with Crippen LogP contribution in [0, 0.1) is 5.92 Å². The van der Waals surface area contributed by atoms with Crippen LogP contribution < -0.4 is 20.9 Å². The Morgan fingerprint density at radius 1 is 1.04 bits per heavy atom. The Labute approximate surface area is 166 Å². The Morgan fingerprint density at radius 3 is 2.30 bits per heavy atom. The summed E-state index contributed by atoms with van der Waals surface area (Å²) in [6.45, 7) is 7.09. The van der Waals surface area contributed by atoms with Crippen LogP contribution in [0.3, 0.4) is 0 Å². The number of rotatable bonds is 7. The standard InChI is InChI=1S/C21H27N3O2S/c1-4-16-5-9-18(10-6-16)22-21(27)24-23-20(25)17-7-11-19(12-8-17)26-14-13-15(2)3/h5-12,15H,4,13-14H2,1-3H3,(H,23,25)(H2,22,24,27). The first-order valence-electron chi connectivity index (χ1n) is 9.17. The van der Waals surface area contributed by atoms with Crippen molar-refractivity contribution in [2.24, 2.45) is 5.92 Å². The molecule has 0 fully saturated rings. The third kappa shape index (κ3) is 7.27. The largest absolute Gasteiger partial charge is 0.494 e. The van der Waals surface area contributed by atoms with Crippen LogP contribution in [-0.2, 0) is 6.42 Å². The molecule has 0 radical (unpaired) electrons. The number of benzene rings is 2. The van der Waals surface area contributed by atoms with Crippen LogP contribution in [0.25, 0.3) is 0 Å². The molecule has 2 aromatic carbocycles. The molecule has 0 aliphatic heterocycles. The summed E-state index contributed by atoms with van der Waals surface area (Å²) in [6, 6.07) is 15.0. The highest BCUT2D eigenvalue weighted by atomic mass is 32.1. The Kier molecular flexibility index (Phi) is 8.07. The summed E-state index contributed by atoms with van der Waals surface area (Å²) in [4.78, 5) is 12.2. The number of hydrogen-bond donors (Lipinski definition) is 3. The Bertz CT molecular complexity index is 743. The summed E-state index contributed by atoms with van der Waals surface area (Å²) in [7, 11) is 0. The van der Waals surface area contributed by atoms with Gasteiger partial charge in [-0.1, -0.05) is 32.9 Å². The summed E-state index contributed by atoms with van der Waals surface area (Å²) >= 11 is 5.20. The zero-order valence-corrected chi connectivity index (χ0v) is 16.9. The summed E-state index contributed by atoms with van der Waals surface area (Å²) in [5.41, 5.74) is 7.93. The molecular formula is C21H27N3O2S. The van der Waals surface area contributed by atoms with Gasteiger partial charge in [0.1, 0.15) is 5.75 Å². The van der Waals surface area contributed by atoms with Crippen LogP contribution >= 0.6 is 12.2 Å². The van der Waals surface area contributed by atoms with E-state index >= 15 is 0 Å². The van der Waals surface area contributed by atoms with Crippen LogP contribution in [0.1, 0.15) is 43.1 Å². The van der Waals surface area contributed by atoms with Gasteiger partial charge in [0.15, 0.2) is 5.11 Å². The van der Waals surface area contributed by atoms with Gasteiger partial charge in [0.2, 0.25) is 0 Å². The molecule has 3 N–H and O–H groups in total. The van der Waals surface area contributed by atoms with E-state index in [-0.39, 0.29) is 5.91 Å². The van der Waals surface area contributed by atoms with E-state index in [0.29, 0.717) is 23.2 Å². The normalized spacial score (nSPS) is 10.4. The molecule has 2 aromatic rings. The maximum absolute atomic E-state index is 12.2. The first-order valence-corrected chi connectivity index (χ1v) is 9.58. The number of aryl methyl sites for hydroxylation is 1. The average Bonchev–Trinajstić information content (AvgIpc) is 2.67. The lowest BCUT2D eigenvalue weighted by Crippen LogP contribution is -2.43. The van der Waals surface area contributed by atoms with Gasteiger partial charge in [-0.05, 0) is 72.9 Å². The summed E-state index contributed by atoms with van der Waals surface area (Å²) in [5.74, 6) is 1.09. The predicted molar refractivity (Wildman–Crippen MR) is 114 cm³/mol. The highest BCUT2D eigenvalue weighted by Crippen LogP contribution is 2.13. The quantitative estimate of drug-likeness (QED) is 0.490. The monoisotopic (exact) mass is 385 g/mol. The Balaban J connectivity index is 1.77. The van der Waals surface area contributed by atoms with E-state index < -0.39 is 0 Å². The molecule has 0 aromatic heterocycles. The van der Waals surface area contributed by atoms with Gasteiger partial charge in [-0.2, -0.15) is 0 Å². The summed E-state index contributed by atoms with van der Waals surface area (Å²) < 4.78 is 5.65. The molecule has 1 amide bonds. The van der Waals surface area contributed by atoms with Crippen molar-refractivity contribution in [2.75, 3.05) is 11.9 Å². The molecule has 2 rings (SSSR count). The molecule has 144 valence electrons. The van der Waals surface area contributed by atoms with E-state index in [9.17, 15) is 4.79 Å². The fourth-order valence-electron chi connectivity index (χ4n) is 2.29. The minimum atomic E-state index is -0.269. The number of thiocarbonyl (C=S) groups is 1. The van der Waals surface area contributed by atoms with Gasteiger partial charge in [-0.3, -0.25) is 15.6 Å². The molecule has 0 unspecified atom stereocenters. The van der Waals surface area contributed by atoms with Crippen molar-refractivity contribution in [1.29, 1.82) is 0 Å². The van der Waals surface area contributed by atoms with Crippen LogP contribution in [0.4, 0.5) is 5.69 Å². The number of hydrazine groups is 1. The summed E-state index contributed by atoms with van der Waals surface area (Å²) in [5, 5.41) is 3.35. The predicted octanol–water partition coefficient (Wildman–Crippen LogP) is 4.31. The average molecular weight is 386 g/mol. The Hall–Kier alpha value is -2.60. The van der Waals surface area contributed by atoms with Crippen LogP contribution in [-0.4, -0.2) is 17.6 Å². The molecule has 0 spiro atoms. The van der Waals surface area contributed by atoms with Crippen LogP contribution in [0.5, 0.6) is 5.75 Å². The molecule has 0 aliphatic carbocycles. The fraction of sp³-hybridized carbons (Fsp3) is 0.333. The molecule has 0 saturated heterocycles. The van der Waals surface area contributed by atoms with Crippen molar-refractivity contribution >= 4 is 28.9 Å². The summed E-state index contributed by atoms with van der Waals surface area (Å²) in [6.07, 6.45) is 1.98. The zero-order valence-electron chi connectivity index (χ0n) is 16.0. The molecule has 0 saturated carbocycles. The molecule has 0 atom stereocenters. The molecule has 6 heteroatoms. The minimum absolute atomic E-state index is 0.269. The van der Waals surface area contributed by atoms with E-state index in [2.05, 4.69) is 36.9 Å². The van der Waals surface area contributed by atoms with Gasteiger partial charge < -0.3 is 10.1 Å². The van der Waals surface area contributed by atoms with E-state index in [0.717, 1.165) is 24.3 Å². The van der Waals surface area contributed by atoms with E-state index in [1.165, 1.54) is 5.56 Å². The number of carbonyl (C=O) groups excluding carboxylic acids is 1. The third-order valence-electron chi connectivity index (χ3n) is 3.99. The van der Waals surface area contributed by atoms with Gasteiger partial charge in [0, 0.05) is 11.3 Å². The third-order valence-corrected chi connectivity index (χ3v) is 4.19. The maximum Gasteiger partial charge on any atom is 0.269 e. The maximum atomic E-state index is 12.2. The lowest BCUT2D eigenvalue weighted by atomic mass is 10.1. The van der Waals surface area contributed by atoms with E-state index in [1.807, 2.05) is 24.3 Å². The lowest BCUT2D eigenvalue weighted by molar-refractivity contribution is 0.0944. The molecule has 0 bridgehead atoms. The molecule has 27 heavy (non-hydrogen) atoms. The SMILES string of the molecule is CCc1ccc(NC(=S)NNC(=O)c2ccc(OCCC(C)C)cc2)cc1. The van der Waals surface area contributed by atoms with Crippen molar-refractivity contribution in [2.45, 2.75) is 33.6 Å². The highest BCUT2D eigenvalue weighted by Gasteiger charge is 2.06. The van der Waals surface area contributed by atoms with Gasteiger partial charge in [0.05, 0.1) is 6.61 Å². The first kappa shape index (κ1) is 20.7. The number of hydrogen-bond acceptors (Lipinski definition) is 3. The van der Waals surface area contributed by atoms with Gasteiger partial charge >= 0.3 is 0 Å². The van der Waals surface area contributed by atoms with Gasteiger partial charge in [-0.15, -0.1) is 0 Å². The minimum Gasteiger partial charge on any atom is -0.494 e. The van der Waals surface area contributed by atoms with Gasteiger partial charge in [-0.25, -0.2) is 0 Å². The van der Waals surface area contributed by atoms with Crippen LogP contribution in [0.2, 0.25) is 0 Å². The van der Waals surface area contributed by atoms with E-state index in [1.54, 1.807) is 24.3 Å². The van der Waals surface area contributed by atoms with Crippen molar-refractivity contribution in [3.8, 4) is 5.75 Å². The van der Waals surface area contributed by atoms with Crippen molar-refractivity contribution < 1.29 is 9.53 Å². The lowest BCUT2D eigenvalue weighted by Gasteiger charge is -2.12. The fourth-order valence-corrected chi connectivity index (χ4v) is 2.46. The number of amides is 1. The smallest absolute Gasteiger partial charge is 0.269 e. The van der Waals surface area contributed by atoms with E-state index in [4.69, 9.17) is 17.0 Å². The molecular weight excluding hydrogens is 358 g/mol. The number of nitrogens with one attached hydrogen (secondary N) is 3. The second-order valence-electron chi connectivity index (χ2n) is 6.64. The van der Waals surface area contributed by atoms with Crippen molar-refractivity contribution in [3.05, 3.63) is 59.7 Å². The number of ether oxygens (including phenoxy) is 1. The van der Waals surface area contributed by atoms with Crippen LogP contribution in [0.15, 0.2) is 48.5 Å². The highest BCUT2D eigenvalue weighted by molar-refractivity contribution is 7.80. The number of carbonyl (C=O) groups is 1.